The first-order valence-electron chi connectivity index (χ1n) is 6.67. The molecule has 0 bridgehead atoms. The summed E-state index contributed by atoms with van der Waals surface area (Å²) in [5.41, 5.74) is 3.40. The summed E-state index contributed by atoms with van der Waals surface area (Å²) in [5.74, 6) is 0. The molecule has 0 radical (unpaired) electrons. The van der Waals surface area contributed by atoms with Crippen molar-refractivity contribution >= 4 is 22.5 Å². The molecule has 0 saturated heterocycles. The Morgan fingerprint density at radius 1 is 1.33 bits per heavy atom. The van der Waals surface area contributed by atoms with Crippen molar-refractivity contribution < 1.29 is 0 Å². The van der Waals surface area contributed by atoms with Crippen LogP contribution in [-0.4, -0.2) is 19.7 Å². The molecular formula is C15H15ClN4O. The number of halogens is 1. The van der Waals surface area contributed by atoms with Gasteiger partial charge in [0.25, 0.3) is 5.56 Å². The molecule has 5 nitrogen and oxygen atoms in total. The average molecular weight is 303 g/mol. The number of aryl methyl sites for hydroxylation is 2. The Morgan fingerprint density at radius 3 is 2.76 bits per heavy atom. The van der Waals surface area contributed by atoms with Crippen LogP contribution in [0.3, 0.4) is 0 Å². The molecule has 108 valence electrons. The van der Waals surface area contributed by atoms with E-state index in [9.17, 15) is 4.79 Å². The molecule has 0 aliphatic carbocycles. The maximum atomic E-state index is 12.6. The summed E-state index contributed by atoms with van der Waals surface area (Å²) in [5, 5.41) is 8.27. The van der Waals surface area contributed by atoms with Crippen molar-refractivity contribution in [3.8, 4) is 0 Å². The maximum Gasteiger partial charge on any atom is 0.261 e. The summed E-state index contributed by atoms with van der Waals surface area (Å²) < 4.78 is 1.63. The van der Waals surface area contributed by atoms with Gasteiger partial charge in [-0.3, -0.25) is 14.5 Å². The monoisotopic (exact) mass is 302 g/mol. The van der Waals surface area contributed by atoms with Crippen LogP contribution in [-0.2, 0) is 0 Å². The smallest absolute Gasteiger partial charge is 0.261 e. The van der Waals surface area contributed by atoms with Crippen LogP contribution in [0.25, 0.3) is 10.9 Å². The fourth-order valence-corrected chi connectivity index (χ4v) is 2.86. The van der Waals surface area contributed by atoms with E-state index in [4.69, 9.17) is 11.6 Å². The predicted octanol–water partition coefficient (Wildman–Crippen LogP) is 3.00. The van der Waals surface area contributed by atoms with Gasteiger partial charge in [0, 0.05) is 16.3 Å². The van der Waals surface area contributed by atoms with Gasteiger partial charge in [0.15, 0.2) is 0 Å². The molecule has 1 unspecified atom stereocenters. The van der Waals surface area contributed by atoms with Crippen LogP contribution in [0.2, 0.25) is 5.02 Å². The van der Waals surface area contributed by atoms with Gasteiger partial charge in [-0.2, -0.15) is 5.10 Å². The Hall–Kier alpha value is -2.14. The lowest BCUT2D eigenvalue weighted by molar-refractivity contribution is 0.603. The number of H-pyrrole nitrogens is 1. The lowest BCUT2D eigenvalue weighted by atomic mass is 10.1. The van der Waals surface area contributed by atoms with E-state index in [1.165, 1.54) is 0 Å². The number of benzene rings is 1. The number of aromatic nitrogens is 4. The van der Waals surface area contributed by atoms with E-state index < -0.39 is 0 Å². The van der Waals surface area contributed by atoms with E-state index in [0.29, 0.717) is 15.9 Å². The molecule has 1 N–H and O–H groups in total. The lowest BCUT2D eigenvalue weighted by Gasteiger charge is -2.16. The van der Waals surface area contributed by atoms with Crippen molar-refractivity contribution in [2.24, 2.45) is 0 Å². The van der Waals surface area contributed by atoms with E-state index in [2.05, 4.69) is 15.2 Å². The molecule has 2 heterocycles. The normalized spacial score (nSPS) is 12.8. The highest BCUT2D eigenvalue weighted by molar-refractivity contribution is 6.31. The Kier molecular flexibility index (Phi) is 3.29. The quantitative estimate of drug-likeness (QED) is 0.791. The fraction of sp³-hybridized carbons (Fsp3) is 0.267. The summed E-state index contributed by atoms with van der Waals surface area (Å²) in [6.45, 7) is 5.84. The zero-order valence-corrected chi connectivity index (χ0v) is 12.8. The highest BCUT2D eigenvalue weighted by Gasteiger charge is 2.18. The molecule has 0 amide bonds. The van der Waals surface area contributed by atoms with Gasteiger partial charge >= 0.3 is 0 Å². The number of fused-ring (bicyclic) bond motifs is 1. The third kappa shape index (κ3) is 2.23. The average Bonchev–Trinajstić information content (AvgIpc) is 2.77. The van der Waals surface area contributed by atoms with E-state index >= 15 is 0 Å². The topological polar surface area (TPSA) is 63.6 Å². The first-order chi connectivity index (χ1) is 9.99. The van der Waals surface area contributed by atoms with Gasteiger partial charge in [-0.25, -0.2) is 4.98 Å². The lowest BCUT2D eigenvalue weighted by Crippen LogP contribution is -2.25. The van der Waals surface area contributed by atoms with Gasteiger partial charge in [-0.15, -0.1) is 0 Å². The second-order valence-corrected chi connectivity index (χ2v) is 5.58. The van der Waals surface area contributed by atoms with Crippen LogP contribution in [0.5, 0.6) is 0 Å². The van der Waals surface area contributed by atoms with Crippen LogP contribution in [0.4, 0.5) is 0 Å². The Balaban J connectivity index is 2.20. The van der Waals surface area contributed by atoms with Crippen molar-refractivity contribution in [2.75, 3.05) is 0 Å². The van der Waals surface area contributed by atoms with E-state index in [1.54, 1.807) is 29.1 Å². The minimum atomic E-state index is -0.135. The molecule has 21 heavy (non-hydrogen) atoms. The van der Waals surface area contributed by atoms with Crippen LogP contribution in [0.15, 0.2) is 29.3 Å². The van der Waals surface area contributed by atoms with Gasteiger partial charge in [-0.05, 0) is 39.0 Å². The standard InChI is InChI=1S/C15H15ClN4O/c1-8-14(9(2)19-18-8)10(3)20-7-17-13-6-11(16)4-5-12(13)15(20)21/h4-7,10H,1-3H3,(H,18,19). The first kappa shape index (κ1) is 13.8. The van der Waals surface area contributed by atoms with Gasteiger partial charge in [0.1, 0.15) is 0 Å². The van der Waals surface area contributed by atoms with Crippen LogP contribution in [0.1, 0.15) is 29.9 Å². The first-order valence-corrected chi connectivity index (χ1v) is 7.04. The molecule has 0 saturated carbocycles. The molecule has 3 rings (SSSR count). The van der Waals surface area contributed by atoms with Crippen LogP contribution < -0.4 is 5.56 Å². The van der Waals surface area contributed by atoms with Crippen molar-refractivity contribution in [2.45, 2.75) is 26.8 Å². The summed E-state index contributed by atoms with van der Waals surface area (Å²) in [4.78, 5) is 17.0. The van der Waals surface area contributed by atoms with Crippen molar-refractivity contribution in [3.05, 3.63) is 56.9 Å². The number of aromatic amines is 1. The summed E-state index contributed by atoms with van der Waals surface area (Å²) in [6, 6.07) is 4.98. The number of rotatable bonds is 2. The van der Waals surface area contributed by atoms with Gasteiger partial charge < -0.3 is 0 Å². The predicted molar refractivity (Wildman–Crippen MR) is 82.9 cm³/mol. The van der Waals surface area contributed by atoms with Crippen LogP contribution in [0, 0.1) is 13.8 Å². The molecule has 0 aliphatic heterocycles. The number of nitrogens with zero attached hydrogens (tertiary/aromatic N) is 3. The minimum Gasteiger partial charge on any atom is -0.291 e. The van der Waals surface area contributed by atoms with E-state index in [-0.39, 0.29) is 11.6 Å². The van der Waals surface area contributed by atoms with Gasteiger partial charge in [0.05, 0.1) is 29.0 Å². The Labute approximate surface area is 126 Å². The Morgan fingerprint density at radius 2 is 2.10 bits per heavy atom. The molecule has 6 heteroatoms. The zero-order chi connectivity index (χ0) is 15.1. The molecule has 0 fully saturated rings. The van der Waals surface area contributed by atoms with Gasteiger partial charge in [0.2, 0.25) is 0 Å². The summed E-state index contributed by atoms with van der Waals surface area (Å²) in [6.07, 6.45) is 1.57. The molecule has 1 atom stereocenters. The Bertz CT molecular complexity index is 862. The number of hydrogen-bond acceptors (Lipinski definition) is 3. The molecule has 1 aromatic carbocycles. The molecular weight excluding hydrogens is 288 g/mol. The molecule has 3 aromatic rings. The van der Waals surface area contributed by atoms with Crippen molar-refractivity contribution in [1.29, 1.82) is 0 Å². The molecule has 0 aliphatic rings. The van der Waals surface area contributed by atoms with E-state index in [1.807, 2.05) is 20.8 Å². The van der Waals surface area contributed by atoms with Crippen molar-refractivity contribution in [1.82, 2.24) is 19.7 Å². The second-order valence-electron chi connectivity index (χ2n) is 5.14. The second kappa shape index (κ2) is 5.00. The minimum absolute atomic E-state index is 0.0795. The number of nitrogens with one attached hydrogen (secondary N) is 1. The number of hydrogen-bond donors (Lipinski definition) is 1. The van der Waals surface area contributed by atoms with Gasteiger partial charge in [-0.1, -0.05) is 11.6 Å². The highest BCUT2D eigenvalue weighted by atomic mass is 35.5. The largest absolute Gasteiger partial charge is 0.291 e. The molecule has 2 aromatic heterocycles. The van der Waals surface area contributed by atoms with Crippen LogP contribution >= 0.6 is 11.6 Å². The molecule has 0 spiro atoms. The highest BCUT2D eigenvalue weighted by Crippen LogP contribution is 2.22. The third-order valence-corrected chi connectivity index (χ3v) is 4.00. The van der Waals surface area contributed by atoms with Crippen molar-refractivity contribution in [3.63, 3.8) is 0 Å². The summed E-state index contributed by atoms with van der Waals surface area (Å²) >= 11 is 5.93. The third-order valence-electron chi connectivity index (χ3n) is 3.77. The SMILES string of the molecule is Cc1n[nH]c(C)c1C(C)n1cnc2cc(Cl)ccc2c1=O. The summed E-state index contributed by atoms with van der Waals surface area (Å²) in [7, 11) is 0. The fourth-order valence-electron chi connectivity index (χ4n) is 2.70. The maximum absolute atomic E-state index is 12.6. The zero-order valence-electron chi connectivity index (χ0n) is 12.0. The van der Waals surface area contributed by atoms with E-state index in [0.717, 1.165) is 17.0 Å².